The molecular weight excluding hydrogens is 248 g/mol. The number of aromatic nitrogens is 2. The molecule has 1 aromatic heterocycles. The Balaban J connectivity index is 2.10. The lowest BCUT2D eigenvalue weighted by Crippen LogP contribution is -2.28. The number of nitrogens with zero attached hydrogens (tertiary/aromatic N) is 3. The van der Waals surface area contributed by atoms with Crippen LogP contribution in [0.1, 0.15) is 24.5 Å². The zero-order valence-corrected chi connectivity index (χ0v) is 11.7. The van der Waals surface area contributed by atoms with E-state index >= 15 is 0 Å². The molecule has 1 fully saturated rings. The van der Waals surface area contributed by atoms with Crippen LogP contribution in [0.3, 0.4) is 0 Å². The number of anilines is 2. The molecule has 6 heteroatoms. The monoisotopic (exact) mass is 268 g/mol. The van der Waals surface area contributed by atoms with Crippen LogP contribution in [-0.4, -0.2) is 46.8 Å². The van der Waals surface area contributed by atoms with Crippen molar-refractivity contribution in [1.82, 2.24) is 9.97 Å². The Morgan fingerprint density at radius 3 is 2.83 bits per heavy atom. The lowest BCUT2D eigenvalue weighted by atomic mass is 9.80. The molecule has 0 aromatic carbocycles. The SMILES string of the molecule is CSCCN(C)c1cc(C2CC(O)C2)nc(N)n1. The zero-order valence-electron chi connectivity index (χ0n) is 10.8. The van der Waals surface area contributed by atoms with E-state index < -0.39 is 0 Å². The molecule has 0 saturated heterocycles. The number of aliphatic hydroxyl groups is 1. The predicted octanol–water partition coefficient (Wildman–Crippen LogP) is 1.10. The van der Waals surface area contributed by atoms with E-state index in [0.29, 0.717) is 11.9 Å². The van der Waals surface area contributed by atoms with Crippen LogP contribution in [-0.2, 0) is 0 Å². The maximum atomic E-state index is 9.36. The van der Waals surface area contributed by atoms with Gasteiger partial charge in [0.1, 0.15) is 5.82 Å². The number of nitrogens with two attached hydrogens (primary N) is 1. The topological polar surface area (TPSA) is 75.3 Å². The van der Waals surface area contributed by atoms with E-state index in [0.717, 1.165) is 36.7 Å². The van der Waals surface area contributed by atoms with E-state index in [-0.39, 0.29) is 6.10 Å². The number of aliphatic hydroxyl groups excluding tert-OH is 1. The third-order valence-corrected chi connectivity index (χ3v) is 3.89. The molecule has 0 aliphatic heterocycles. The molecule has 2 rings (SSSR count). The van der Waals surface area contributed by atoms with Gasteiger partial charge in [-0.25, -0.2) is 4.98 Å². The van der Waals surface area contributed by atoms with Crippen molar-refractivity contribution in [2.45, 2.75) is 24.9 Å². The highest BCUT2D eigenvalue weighted by molar-refractivity contribution is 7.98. The molecule has 0 amide bonds. The summed E-state index contributed by atoms with van der Waals surface area (Å²) in [7, 11) is 2.01. The summed E-state index contributed by atoms with van der Waals surface area (Å²) in [5.41, 5.74) is 6.72. The molecule has 100 valence electrons. The lowest BCUT2D eigenvalue weighted by molar-refractivity contribution is 0.0732. The fourth-order valence-electron chi connectivity index (χ4n) is 2.05. The standard InChI is InChI=1S/C12H20N4OS/c1-16(3-4-18-2)11-7-10(14-12(13)15-11)8-5-9(17)6-8/h7-9,17H,3-6H2,1-2H3,(H2,13,14,15). The molecule has 1 aromatic rings. The highest BCUT2D eigenvalue weighted by Gasteiger charge is 2.30. The van der Waals surface area contributed by atoms with Gasteiger partial charge in [0, 0.05) is 31.3 Å². The van der Waals surface area contributed by atoms with Crippen LogP contribution >= 0.6 is 11.8 Å². The second-order valence-corrected chi connectivity index (χ2v) is 5.73. The fraction of sp³-hybridized carbons (Fsp3) is 0.667. The van der Waals surface area contributed by atoms with Crippen molar-refractivity contribution in [2.24, 2.45) is 0 Å². The van der Waals surface area contributed by atoms with E-state index in [2.05, 4.69) is 21.1 Å². The van der Waals surface area contributed by atoms with Gasteiger partial charge in [0.15, 0.2) is 0 Å². The summed E-state index contributed by atoms with van der Waals surface area (Å²) in [4.78, 5) is 10.6. The van der Waals surface area contributed by atoms with Crippen LogP contribution in [0, 0.1) is 0 Å². The quantitative estimate of drug-likeness (QED) is 0.833. The number of nitrogen functional groups attached to an aromatic ring is 1. The summed E-state index contributed by atoms with van der Waals surface area (Å²) in [5.74, 6) is 2.57. The molecular formula is C12H20N4OS. The van der Waals surface area contributed by atoms with Crippen molar-refractivity contribution in [3.05, 3.63) is 11.8 Å². The highest BCUT2D eigenvalue weighted by atomic mass is 32.2. The van der Waals surface area contributed by atoms with Gasteiger partial charge in [-0.05, 0) is 19.1 Å². The first-order valence-electron chi connectivity index (χ1n) is 6.12. The second kappa shape index (κ2) is 5.75. The Morgan fingerprint density at radius 2 is 2.22 bits per heavy atom. The molecule has 0 spiro atoms. The predicted molar refractivity (Wildman–Crippen MR) is 76.1 cm³/mol. The van der Waals surface area contributed by atoms with Crippen LogP contribution in [0.4, 0.5) is 11.8 Å². The molecule has 1 aliphatic carbocycles. The van der Waals surface area contributed by atoms with E-state index in [1.807, 2.05) is 13.1 Å². The molecule has 0 radical (unpaired) electrons. The zero-order chi connectivity index (χ0) is 13.1. The van der Waals surface area contributed by atoms with Crippen LogP contribution in [0.5, 0.6) is 0 Å². The summed E-state index contributed by atoms with van der Waals surface area (Å²) in [5, 5.41) is 9.36. The maximum Gasteiger partial charge on any atom is 0.222 e. The van der Waals surface area contributed by atoms with Crippen molar-refractivity contribution < 1.29 is 5.11 Å². The Kier molecular flexibility index (Phi) is 4.29. The minimum atomic E-state index is -0.177. The second-order valence-electron chi connectivity index (χ2n) is 4.75. The Labute approximate surface area is 112 Å². The smallest absolute Gasteiger partial charge is 0.222 e. The molecule has 1 aliphatic rings. The van der Waals surface area contributed by atoms with E-state index in [1.54, 1.807) is 11.8 Å². The third-order valence-electron chi connectivity index (χ3n) is 3.30. The maximum absolute atomic E-state index is 9.36. The molecule has 0 atom stereocenters. The van der Waals surface area contributed by atoms with Gasteiger partial charge in [-0.1, -0.05) is 0 Å². The normalized spacial score (nSPS) is 22.6. The average molecular weight is 268 g/mol. The van der Waals surface area contributed by atoms with Gasteiger partial charge in [-0.2, -0.15) is 16.7 Å². The Bertz CT molecular complexity index is 409. The van der Waals surface area contributed by atoms with Crippen molar-refractivity contribution in [1.29, 1.82) is 0 Å². The van der Waals surface area contributed by atoms with Gasteiger partial charge in [0.05, 0.1) is 11.8 Å². The number of hydrogen-bond donors (Lipinski definition) is 2. The molecule has 1 saturated carbocycles. The number of rotatable bonds is 5. The molecule has 18 heavy (non-hydrogen) atoms. The van der Waals surface area contributed by atoms with Crippen molar-refractivity contribution in [3.8, 4) is 0 Å². The van der Waals surface area contributed by atoms with E-state index in [1.165, 1.54) is 0 Å². The average Bonchev–Trinajstić information content (AvgIpc) is 2.31. The van der Waals surface area contributed by atoms with Gasteiger partial charge >= 0.3 is 0 Å². The largest absolute Gasteiger partial charge is 0.393 e. The first kappa shape index (κ1) is 13.4. The van der Waals surface area contributed by atoms with Crippen LogP contribution in [0.2, 0.25) is 0 Å². The van der Waals surface area contributed by atoms with Crippen LogP contribution in [0.25, 0.3) is 0 Å². The third kappa shape index (κ3) is 3.05. The van der Waals surface area contributed by atoms with Crippen molar-refractivity contribution >= 4 is 23.5 Å². The molecule has 1 heterocycles. The summed E-state index contributed by atoms with van der Waals surface area (Å²) in [6.45, 7) is 0.935. The minimum Gasteiger partial charge on any atom is -0.393 e. The first-order chi connectivity index (χ1) is 8.60. The Morgan fingerprint density at radius 1 is 1.50 bits per heavy atom. The fourth-order valence-corrected chi connectivity index (χ4v) is 2.50. The van der Waals surface area contributed by atoms with Crippen LogP contribution < -0.4 is 10.6 Å². The summed E-state index contributed by atoms with van der Waals surface area (Å²) >= 11 is 1.81. The highest BCUT2D eigenvalue weighted by Crippen LogP contribution is 2.36. The van der Waals surface area contributed by atoms with Crippen molar-refractivity contribution in [2.75, 3.05) is 36.2 Å². The summed E-state index contributed by atoms with van der Waals surface area (Å²) in [6, 6.07) is 1.99. The van der Waals surface area contributed by atoms with Gasteiger partial charge in [0.25, 0.3) is 0 Å². The molecule has 0 bridgehead atoms. The van der Waals surface area contributed by atoms with Crippen molar-refractivity contribution in [3.63, 3.8) is 0 Å². The molecule has 5 nitrogen and oxygen atoms in total. The van der Waals surface area contributed by atoms with Gasteiger partial charge < -0.3 is 15.7 Å². The number of thioether (sulfide) groups is 1. The molecule has 0 unspecified atom stereocenters. The van der Waals surface area contributed by atoms with Gasteiger partial charge in [-0.15, -0.1) is 0 Å². The first-order valence-corrected chi connectivity index (χ1v) is 7.52. The summed E-state index contributed by atoms with van der Waals surface area (Å²) in [6.07, 6.45) is 3.47. The van der Waals surface area contributed by atoms with Gasteiger partial charge in [-0.3, -0.25) is 0 Å². The van der Waals surface area contributed by atoms with Gasteiger partial charge in [0.2, 0.25) is 5.95 Å². The van der Waals surface area contributed by atoms with E-state index in [4.69, 9.17) is 5.73 Å². The van der Waals surface area contributed by atoms with E-state index in [9.17, 15) is 5.11 Å². The lowest BCUT2D eigenvalue weighted by Gasteiger charge is -2.31. The Hall–Kier alpha value is -1.01. The minimum absolute atomic E-state index is 0.177. The number of hydrogen-bond acceptors (Lipinski definition) is 6. The van der Waals surface area contributed by atoms with Crippen LogP contribution in [0.15, 0.2) is 6.07 Å². The summed E-state index contributed by atoms with van der Waals surface area (Å²) < 4.78 is 0. The molecule has 3 N–H and O–H groups in total.